The van der Waals surface area contributed by atoms with Gasteiger partial charge in [0.05, 0.1) is 4.34 Å². The Morgan fingerprint density at radius 3 is 2.88 bits per heavy atom. The fraction of sp³-hybridized carbons (Fsp3) is 0.692. The Morgan fingerprint density at radius 2 is 2.19 bits per heavy atom. The van der Waals surface area contributed by atoms with E-state index in [2.05, 4.69) is 18.3 Å². The summed E-state index contributed by atoms with van der Waals surface area (Å²) in [5.41, 5.74) is 0. The molecule has 1 aromatic heterocycles. The SMILES string of the molecule is CCNCC1CCCC1Cc1ccc(Cl)s1. The summed E-state index contributed by atoms with van der Waals surface area (Å²) in [6.07, 6.45) is 5.43. The maximum Gasteiger partial charge on any atom is 0.0931 e. The second-order valence-electron chi connectivity index (χ2n) is 4.67. The van der Waals surface area contributed by atoms with Gasteiger partial charge >= 0.3 is 0 Å². The molecule has 3 heteroatoms. The number of thiophene rings is 1. The van der Waals surface area contributed by atoms with Gasteiger partial charge in [-0.25, -0.2) is 0 Å². The minimum Gasteiger partial charge on any atom is -0.317 e. The summed E-state index contributed by atoms with van der Waals surface area (Å²) in [4.78, 5) is 1.46. The van der Waals surface area contributed by atoms with Crippen molar-refractivity contribution in [3.63, 3.8) is 0 Å². The highest BCUT2D eigenvalue weighted by atomic mass is 35.5. The normalized spacial score (nSPS) is 25.1. The molecule has 1 aliphatic rings. The average Bonchev–Trinajstić information content (AvgIpc) is 2.86. The van der Waals surface area contributed by atoms with Gasteiger partial charge in [-0.3, -0.25) is 0 Å². The number of nitrogens with one attached hydrogen (secondary N) is 1. The molecule has 0 amide bonds. The summed E-state index contributed by atoms with van der Waals surface area (Å²) in [6, 6.07) is 4.21. The zero-order chi connectivity index (χ0) is 11.4. The first-order valence-corrected chi connectivity index (χ1v) is 7.44. The first-order chi connectivity index (χ1) is 7.79. The molecule has 1 N–H and O–H groups in total. The van der Waals surface area contributed by atoms with Crippen molar-refractivity contribution in [1.29, 1.82) is 0 Å². The van der Waals surface area contributed by atoms with E-state index in [9.17, 15) is 0 Å². The molecule has 1 saturated carbocycles. The standard InChI is InChI=1S/C13H20ClNS/c1-2-15-9-11-5-3-4-10(11)8-12-6-7-13(14)16-12/h6-7,10-11,15H,2-5,8-9H2,1H3. The molecule has 2 atom stereocenters. The highest BCUT2D eigenvalue weighted by Gasteiger charge is 2.27. The van der Waals surface area contributed by atoms with Gasteiger partial charge in [-0.2, -0.15) is 0 Å². The Labute approximate surface area is 107 Å². The maximum atomic E-state index is 5.97. The van der Waals surface area contributed by atoms with Crippen LogP contribution in [0.3, 0.4) is 0 Å². The van der Waals surface area contributed by atoms with Gasteiger partial charge in [0.2, 0.25) is 0 Å². The highest BCUT2D eigenvalue weighted by molar-refractivity contribution is 7.16. The third kappa shape index (κ3) is 3.22. The Hall–Kier alpha value is -0.0500. The molecule has 1 aromatic rings. The van der Waals surface area contributed by atoms with Gasteiger partial charge in [-0.05, 0) is 56.3 Å². The van der Waals surface area contributed by atoms with Gasteiger partial charge in [0, 0.05) is 4.88 Å². The molecule has 1 heterocycles. The van der Waals surface area contributed by atoms with E-state index in [1.807, 2.05) is 6.07 Å². The second kappa shape index (κ2) is 6.04. The first-order valence-electron chi connectivity index (χ1n) is 6.24. The molecule has 2 unspecified atom stereocenters. The fourth-order valence-corrected chi connectivity index (χ4v) is 3.88. The van der Waals surface area contributed by atoms with Gasteiger partial charge in [-0.1, -0.05) is 24.9 Å². The fourth-order valence-electron chi connectivity index (χ4n) is 2.70. The molecule has 16 heavy (non-hydrogen) atoms. The molecule has 0 aromatic carbocycles. The van der Waals surface area contributed by atoms with E-state index < -0.39 is 0 Å². The van der Waals surface area contributed by atoms with Crippen LogP contribution >= 0.6 is 22.9 Å². The van der Waals surface area contributed by atoms with Crippen molar-refractivity contribution in [2.24, 2.45) is 11.8 Å². The van der Waals surface area contributed by atoms with Crippen LogP contribution in [0, 0.1) is 11.8 Å². The quantitative estimate of drug-likeness (QED) is 0.842. The van der Waals surface area contributed by atoms with Crippen LogP contribution in [-0.2, 0) is 6.42 Å². The first kappa shape index (κ1) is 12.4. The van der Waals surface area contributed by atoms with E-state index in [-0.39, 0.29) is 0 Å². The number of hydrogen-bond acceptors (Lipinski definition) is 2. The Balaban J connectivity index is 1.88. The molecule has 0 radical (unpaired) electrons. The smallest absolute Gasteiger partial charge is 0.0931 e. The van der Waals surface area contributed by atoms with Crippen molar-refractivity contribution in [3.8, 4) is 0 Å². The Kier molecular flexibility index (Phi) is 4.68. The molecule has 2 rings (SSSR count). The Morgan fingerprint density at radius 1 is 1.38 bits per heavy atom. The third-order valence-electron chi connectivity index (χ3n) is 3.57. The van der Waals surface area contributed by atoms with E-state index in [1.165, 1.54) is 37.1 Å². The van der Waals surface area contributed by atoms with Gasteiger partial charge in [-0.15, -0.1) is 11.3 Å². The lowest BCUT2D eigenvalue weighted by molar-refractivity contribution is 0.370. The van der Waals surface area contributed by atoms with Crippen LogP contribution < -0.4 is 5.32 Å². The predicted molar refractivity (Wildman–Crippen MR) is 72.4 cm³/mol. The molecular formula is C13H20ClNS. The molecule has 0 spiro atoms. The van der Waals surface area contributed by atoms with Crippen LogP contribution in [0.4, 0.5) is 0 Å². The van der Waals surface area contributed by atoms with Crippen LogP contribution in [-0.4, -0.2) is 13.1 Å². The van der Waals surface area contributed by atoms with Gasteiger partial charge in [0.25, 0.3) is 0 Å². The third-order valence-corrected chi connectivity index (χ3v) is 4.82. The molecule has 1 nitrogen and oxygen atoms in total. The maximum absolute atomic E-state index is 5.97. The summed E-state index contributed by atoms with van der Waals surface area (Å²) in [6.45, 7) is 4.47. The van der Waals surface area contributed by atoms with Crippen LogP contribution in [0.5, 0.6) is 0 Å². The predicted octanol–water partition coefficient (Wildman–Crippen LogP) is 3.97. The van der Waals surface area contributed by atoms with Crippen molar-refractivity contribution >= 4 is 22.9 Å². The molecular weight excluding hydrogens is 238 g/mol. The monoisotopic (exact) mass is 257 g/mol. The number of halogens is 1. The molecule has 0 aliphatic heterocycles. The average molecular weight is 258 g/mol. The topological polar surface area (TPSA) is 12.0 Å². The minimum absolute atomic E-state index is 0.869. The number of rotatable bonds is 5. The van der Waals surface area contributed by atoms with Crippen LogP contribution in [0.1, 0.15) is 31.1 Å². The van der Waals surface area contributed by atoms with E-state index >= 15 is 0 Å². The largest absolute Gasteiger partial charge is 0.317 e. The minimum atomic E-state index is 0.869. The summed E-state index contributed by atoms with van der Waals surface area (Å²) >= 11 is 7.72. The van der Waals surface area contributed by atoms with Gasteiger partial charge in [0.15, 0.2) is 0 Å². The van der Waals surface area contributed by atoms with Crippen LogP contribution in [0.2, 0.25) is 4.34 Å². The number of hydrogen-bond donors (Lipinski definition) is 1. The van der Waals surface area contributed by atoms with Crippen LogP contribution in [0.25, 0.3) is 0 Å². The van der Waals surface area contributed by atoms with Gasteiger partial charge in [0.1, 0.15) is 0 Å². The molecule has 1 aliphatic carbocycles. The Bertz CT molecular complexity index is 323. The lowest BCUT2D eigenvalue weighted by Gasteiger charge is -2.19. The van der Waals surface area contributed by atoms with E-state index in [4.69, 9.17) is 11.6 Å². The lowest BCUT2D eigenvalue weighted by atomic mass is 9.92. The van der Waals surface area contributed by atoms with Gasteiger partial charge < -0.3 is 5.32 Å². The molecule has 0 saturated heterocycles. The summed E-state index contributed by atoms with van der Waals surface area (Å²) in [5, 5.41) is 3.49. The van der Waals surface area contributed by atoms with Crippen molar-refractivity contribution < 1.29 is 0 Å². The molecule has 0 bridgehead atoms. The summed E-state index contributed by atoms with van der Waals surface area (Å²) < 4.78 is 0.927. The molecule has 90 valence electrons. The second-order valence-corrected chi connectivity index (χ2v) is 6.47. The van der Waals surface area contributed by atoms with Crippen molar-refractivity contribution in [2.75, 3.05) is 13.1 Å². The zero-order valence-electron chi connectivity index (χ0n) is 9.84. The van der Waals surface area contributed by atoms with Crippen molar-refractivity contribution in [2.45, 2.75) is 32.6 Å². The zero-order valence-corrected chi connectivity index (χ0v) is 11.4. The highest BCUT2D eigenvalue weighted by Crippen LogP contribution is 2.35. The van der Waals surface area contributed by atoms with E-state index in [0.29, 0.717) is 0 Å². The van der Waals surface area contributed by atoms with E-state index in [0.717, 1.165) is 22.7 Å². The van der Waals surface area contributed by atoms with Crippen molar-refractivity contribution in [3.05, 3.63) is 21.3 Å². The van der Waals surface area contributed by atoms with Crippen molar-refractivity contribution in [1.82, 2.24) is 5.32 Å². The van der Waals surface area contributed by atoms with E-state index in [1.54, 1.807) is 11.3 Å². The lowest BCUT2D eigenvalue weighted by Crippen LogP contribution is -2.25. The summed E-state index contributed by atoms with van der Waals surface area (Å²) in [5.74, 6) is 1.74. The summed E-state index contributed by atoms with van der Waals surface area (Å²) in [7, 11) is 0. The van der Waals surface area contributed by atoms with Crippen LogP contribution in [0.15, 0.2) is 12.1 Å². The molecule has 1 fully saturated rings.